The molecule has 0 spiro atoms. The van der Waals surface area contributed by atoms with Crippen LogP contribution in [0, 0.1) is 0 Å². The van der Waals surface area contributed by atoms with Gasteiger partial charge in [0.25, 0.3) is 0 Å². The normalized spacial score (nSPS) is 13.9. The molecule has 1 unspecified atom stereocenters. The molecule has 0 aliphatic carbocycles. The second-order valence-electron chi connectivity index (χ2n) is 7.14. The zero-order chi connectivity index (χ0) is 15.8. The van der Waals surface area contributed by atoms with Crippen LogP contribution in [0.3, 0.4) is 0 Å². The highest BCUT2D eigenvalue weighted by atomic mass is 16.6. The number of nitrogens with one attached hydrogen (secondary N) is 2. The molecular weight excluding hydrogens is 252 g/mol. The van der Waals surface area contributed by atoms with Gasteiger partial charge >= 0.3 is 6.09 Å². The molecule has 1 amide bonds. The first kappa shape index (κ1) is 19.2. The van der Waals surface area contributed by atoms with Crippen LogP contribution in [0.25, 0.3) is 0 Å². The van der Waals surface area contributed by atoms with Gasteiger partial charge in [0.1, 0.15) is 5.60 Å². The van der Waals surface area contributed by atoms with Gasteiger partial charge in [0.15, 0.2) is 0 Å². The maximum absolute atomic E-state index is 11.8. The predicted molar refractivity (Wildman–Crippen MR) is 85.1 cm³/mol. The van der Waals surface area contributed by atoms with Crippen LogP contribution in [0.5, 0.6) is 0 Å². The molecule has 0 aromatic rings. The molecule has 0 heterocycles. The lowest BCUT2D eigenvalue weighted by Crippen LogP contribution is -2.53. The van der Waals surface area contributed by atoms with E-state index in [0.717, 1.165) is 13.0 Å². The zero-order valence-corrected chi connectivity index (χ0v) is 14.4. The van der Waals surface area contributed by atoms with Gasteiger partial charge in [0.05, 0.1) is 5.54 Å². The highest BCUT2D eigenvalue weighted by molar-refractivity contribution is 5.68. The van der Waals surface area contributed by atoms with Crippen molar-refractivity contribution in [3.8, 4) is 0 Å². The van der Waals surface area contributed by atoms with Crippen molar-refractivity contribution in [3.05, 3.63) is 0 Å². The van der Waals surface area contributed by atoms with Gasteiger partial charge in [-0.15, -0.1) is 0 Å². The van der Waals surface area contributed by atoms with Crippen LogP contribution >= 0.6 is 0 Å². The van der Waals surface area contributed by atoms with Crippen molar-refractivity contribution >= 4 is 6.09 Å². The smallest absolute Gasteiger partial charge is 0.408 e. The molecule has 4 nitrogen and oxygen atoms in total. The Bertz CT molecular complexity index is 283. The molecule has 120 valence electrons. The molecule has 0 aromatic carbocycles. The first-order valence-corrected chi connectivity index (χ1v) is 7.84. The van der Waals surface area contributed by atoms with Crippen LogP contribution in [0.15, 0.2) is 0 Å². The largest absolute Gasteiger partial charge is 0.444 e. The summed E-state index contributed by atoms with van der Waals surface area (Å²) in [6.45, 7) is 14.8. The van der Waals surface area contributed by atoms with E-state index in [2.05, 4.69) is 24.5 Å². The lowest BCUT2D eigenvalue weighted by Gasteiger charge is -2.30. The quantitative estimate of drug-likeness (QED) is 0.712. The van der Waals surface area contributed by atoms with Crippen molar-refractivity contribution in [2.24, 2.45) is 0 Å². The highest BCUT2D eigenvalue weighted by Gasteiger charge is 2.25. The van der Waals surface area contributed by atoms with Crippen molar-refractivity contribution in [2.75, 3.05) is 6.54 Å². The average Bonchev–Trinajstić information content (AvgIpc) is 2.25. The summed E-state index contributed by atoms with van der Waals surface area (Å²) in [7, 11) is 0. The number of rotatable bonds is 8. The molecule has 0 aliphatic heterocycles. The molecule has 0 bridgehead atoms. The number of alkyl carbamates (subject to hydrolysis) is 1. The van der Waals surface area contributed by atoms with Gasteiger partial charge in [-0.2, -0.15) is 0 Å². The first-order valence-electron chi connectivity index (χ1n) is 7.84. The molecule has 0 saturated heterocycles. The van der Waals surface area contributed by atoms with Crippen LogP contribution in [-0.4, -0.2) is 29.8 Å². The summed E-state index contributed by atoms with van der Waals surface area (Å²) >= 11 is 0. The summed E-state index contributed by atoms with van der Waals surface area (Å²) in [6, 6.07) is 0.523. The Morgan fingerprint density at radius 3 is 2.20 bits per heavy atom. The number of hydrogen-bond donors (Lipinski definition) is 2. The van der Waals surface area contributed by atoms with Gasteiger partial charge in [-0.1, -0.05) is 26.7 Å². The second-order valence-corrected chi connectivity index (χ2v) is 7.14. The fourth-order valence-electron chi connectivity index (χ4n) is 1.92. The van der Waals surface area contributed by atoms with E-state index >= 15 is 0 Å². The van der Waals surface area contributed by atoms with E-state index < -0.39 is 5.60 Å². The molecule has 0 rings (SSSR count). The zero-order valence-electron chi connectivity index (χ0n) is 14.4. The van der Waals surface area contributed by atoms with Crippen LogP contribution in [-0.2, 0) is 4.74 Å². The topological polar surface area (TPSA) is 50.4 Å². The fraction of sp³-hybridized carbons (Fsp3) is 0.938. The third kappa shape index (κ3) is 10.1. The van der Waals surface area contributed by atoms with E-state index in [-0.39, 0.29) is 11.6 Å². The minimum Gasteiger partial charge on any atom is -0.444 e. The van der Waals surface area contributed by atoms with Gasteiger partial charge < -0.3 is 15.4 Å². The monoisotopic (exact) mass is 286 g/mol. The summed E-state index contributed by atoms with van der Waals surface area (Å²) in [5.41, 5.74) is -0.775. The van der Waals surface area contributed by atoms with E-state index in [1.165, 1.54) is 19.3 Å². The van der Waals surface area contributed by atoms with Crippen molar-refractivity contribution in [3.63, 3.8) is 0 Å². The number of carbonyl (C=O) groups is 1. The van der Waals surface area contributed by atoms with Crippen molar-refractivity contribution in [1.29, 1.82) is 0 Å². The summed E-state index contributed by atoms with van der Waals surface area (Å²) in [5.74, 6) is 0. The minimum absolute atomic E-state index is 0.317. The lowest BCUT2D eigenvalue weighted by atomic mass is 10.0. The summed E-state index contributed by atoms with van der Waals surface area (Å²) < 4.78 is 5.29. The van der Waals surface area contributed by atoms with Crippen LogP contribution < -0.4 is 10.6 Å². The number of hydrogen-bond acceptors (Lipinski definition) is 3. The van der Waals surface area contributed by atoms with Gasteiger partial charge in [0.2, 0.25) is 0 Å². The van der Waals surface area contributed by atoms with Crippen LogP contribution in [0.1, 0.15) is 74.1 Å². The summed E-state index contributed by atoms with van der Waals surface area (Å²) in [5, 5.41) is 6.47. The lowest BCUT2D eigenvalue weighted by molar-refractivity contribution is 0.0470. The Labute approximate surface area is 125 Å². The number of ether oxygens (including phenoxy) is 1. The van der Waals surface area contributed by atoms with E-state index in [0.29, 0.717) is 6.04 Å². The summed E-state index contributed by atoms with van der Waals surface area (Å²) in [6.07, 6.45) is 4.41. The molecule has 0 aliphatic rings. The molecule has 0 radical (unpaired) electrons. The molecule has 0 saturated carbocycles. The van der Waals surface area contributed by atoms with Gasteiger partial charge in [-0.25, -0.2) is 4.79 Å². The Morgan fingerprint density at radius 1 is 1.15 bits per heavy atom. The second kappa shape index (κ2) is 8.50. The highest BCUT2D eigenvalue weighted by Crippen LogP contribution is 2.10. The molecule has 0 fully saturated rings. The number of unbranched alkanes of at least 4 members (excludes halogenated alkanes) is 1. The molecular formula is C16H34N2O2. The Balaban J connectivity index is 4.19. The van der Waals surface area contributed by atoms with Crippen molar-refractivity contribution in [2.45, 2.75) is 91.3 Å². The molecule has 2 N–H and O–H groups in total. The number of carbonyl (C=O) groups excluding carboxylic acids is 1. The fourth-order valence-corrected chi connectivity index (χ4v) is 1.92. The third-order valence-electron chi connectivity index (χ3n) is 3.07. The Hall–Kier alpha value is -0.770. The van der Waals surface area contributed by atoms with E-state index in [1.807, 2.05) is 34.6 Å². The van der Waals surface area contributed by atoms with Crippen LogP contribution in [0.4, 0.5) is 4.79 Å². The maximum Gasteiger partial charge on any atom is 0.408 e. The predicted octanol–water partition coefficient (Wildman–Crippen LogP) is 3.85. The first-order chi connectivity index (χ1) is 9.09. The standard InChI is InChI=1S/C16H34N2O2/c1-8-10-11-13(9-2)17-12-16(6,7)18-14(19)20-15(3,4)5/h13,17H,8-12H2,1-7H3,(H,18,19). The number of amides is 1. The Morgan fingerprint density at radius 2 is 1.75 bits per heavy atom. The summed E-state index contributed by atoms with van der Waals surface area (Å²) in [4.78, 5) is 11.8. The third-order valence-corrected chi connectivity index (χ3v) is 3.07. The Kier molecular flexibility index (Phi) is 8.17. The molecule has 20 heavy (non-hydrogen) atoms. The van der Waals surface area contributed by atoms with E-state index in [4.69, 9.17) is 4.74 Å². The van der Waals surface area contributed by atoms with Crippen molar-refractivity contribution in [1.82, 2.24) is 10.6 Å². The molecule has 1 atom stereocenters. The van der Waals surface area contributed by atoms with Crippen LogP contribution in [0.2, 0.25) is 0 Å². The SMILES string of the molecule is CCCCC(CC)NCC(C)(C)NC(=O)OC(C)(C)C. The van der Waals surface area contributed by atoms with E-state index in [9.17, 15) is 4.79 Å². The van der Waals surface area contributed by atoms with Crippen molar-refractivity contribution < 1.29 is 9.53 Å². The van der Waals surface area contributed by atoms with Gasteiger partial charge in [0, 0.05) is 12.6 Å². The maximum atomic E-state index is 11.8. The van der Waals surface area contributed by atoms with Gasteiger partial charge in [-0.3, -0.25) is 0 Å². The average molecular weight is 286 g/mol. The van der Waals surface area contributed by atoms with E-state index in [1.54, 1.807) is 0 Å². The van der Waals surface area contributed by atoms with Gasteiger partial charge in [-0.05, 0) is 47.5 Å². The molecule has 0 aromatic heterocycles. The molecule has 4 heteroatoms. The minimum atomic E-state index is -0.458.